The third-order valence-electron chi connectivity index (χ3n) is 5.57. The van der Waals surface area contributed by atoms with Gasteiger partial charge in [-0.25, -0.2) is 0 Å². The summed E-state index contributed by atoms with van der Waals surface area (Å²) in [6, 6.07) is 22.2. The van der Waals surface area contributed by atoms with E-state index in [9.17, 15) is 19.7 Å². The maximum atomic E-state index is 12.5. The van der Waals surface area contributed by atoms with Gasteiger partial charge in [-0.2, -0.15) is 0 Å². The maximum absolute atomic E-state index is 12.5. The van der Waals surface area contributed by atoms with Crippen LogP contribution in [0, 0.1) is 10.1 Å². The predicted octanol–water partition coefficient (Wildman–Crippen LogP) is 3.55. The topological polar surface area (TPSA) is 93.0 Å². The summed E-state index contributed by atoms with van der Waals surface area (Å²) in [7, 11) is 0. The van der Waals surface area contributed by atoms with Gasteiger partial charge in [0.1, 0.15) is 5.75 Å². The van der Waals surface area contributed by atoms with Crippen molar-refractivity contribution in [2.24, 2.45) is 0 Å². The van der Waals surface area contributed by atoms with Crippen LogP contribution in [0.4, 0.5) is 11.4 Å². The van der Waals surface area contributed by atoms with Crippen molar-refractivity contribution in [3.8, 4) is 5.75 Å². The highest BCUT2D eigenvalue weighted by atomic mass is 16.6. The number of piperazine rings is 1. The molecule has 4 rings (SSSR count). The minimum absolute atomic E-state index is 0.0576. The normalized spacial score (nSPS) is 13.5. The molecule has 33 heavy (non-hydrogen) atoms. The number of benzene rings is 3. The van der Waals surface area contributed by atoms with Gasteiger partial charge in [-0.3, -0.25) is 19.7 Å². The first kappa shape index (κ1) is 22.0. The van der Waals surface area contributed by atoms with Crippen LogP contribution in [0.2, 0.25) is 0 Å². The molecule has 3 aromatic carbocycles. The van der Waals surface area contributed by atoms with Crippen LogP contribution in [0.15, 0.2) is 78.9 Å². The molecule has 0 aromatic heterocycles. The number of ether oxygens (including phenoxy) is 1. The fourth-order valence-electron chi connectivity index (χ4n) is 3.69. The number of hydrogen-bond donors (Lipinski definition) is 0. The lowest BCUT2D eigenvalue weighted by molar-refractivity contribution is -0.384. The van der Waals surface area contributed by atoms with Crippen LogP contribution in [0.1, 0.15) is 15.9 Å². The van der Waals surface area contributed by atoms with Crippen molar-refractivity contribution >= 4 is 23.1 Å². The van der Waals surface area contributed by atoms with E-state index < -0.39 is 4.92 Å². The molecule has 1 amide bonds. The molecule has 0 bridgehead atoms. The molecule has 8 heteroatoms. The Hall–Kier alpha value is -4.20. The molecule has 1 aliphatic heterocycles. The minimum atomic E-state index is -0.422. The molecular weight excluding hydrogens is 422 g/mol. The number of ketones is 1. The molecular formula is C25H23N3O5. The summed E-state index contributed by atoms with van der Waals surface area (Å²) in [5.74, 6) is 0.351. The number of carbonyl (C=O) groups is 2. The van der Waals surface area contributed by atoms with Gasteiger partial charge in [-0.1, -0.05) is 30.3 Å². The van der Waals surface area contributed by atoms with Gasteiger partial charge < -0.3 is 14.5 Å². The fraction of sp³-hybridized carbons (Fsp3) is 0.200. The Labute approximate surface area is 191 Å². The highest BCUT2D eigenvalue weighted by Gasteiger charge is 2.22. The Morgan fingerprint density at radius 1 is 0.818 bits per heavy atom. The molecule has 0 unspecified atom stereocenters. The molecule has 1 heterocycles. The van der Waals surface area contributed by atoms with Crippen LogP contribution in [-0.2, 0) is 4.79 Å². The molecule has 3 aromatic rings. The van der Waals surface area contributed by atoms with E-state index in [1.807, 2.05) is 18.2 Å². The third kappa shape index (κ3) is 5.35. The Balaban J connectivity index is 1.26. The van der Waals surface area contributed by atoms with Gasteiger partial charge in [-0.15, -0.1) is 0 Å². The summed E-state index contributed by atoms with van der Waals surface area (Å²) in [5, 5.41) is 10.8. The van der Waals surface area contributed by atoms with Crippen molar-refractivity contribution in [1.82, 2.24) is 4.90 Å². The lowest BCUT2D eigenvalue weighted by atomic mass is 10.0. The lowest BCUT2D eigenvalue weighted by Gasteiger charge is -2.36. The number of hydrogen-bond acceptors (Lipinski definition) is 6. The number of nitro benzene ring substituents is 1. The Morgan fingerprint density at radius 3 is 2.03 bits per heavy atom. The summed E-state index contributed by atoms with van der Waals surface area (Å²) >= 11 is 0. The minimum Gasteiger partial charge on any atom is -0.484 e. The number of amides is 1. The number of non-ortho nitro benzene ring substituents is 1. The van der Waals surface area contributed by atoms with Crippen molar-refractivity contribution in [3.63, 3.8) is 0 Å². The molecule has 0 saturated carbocycles. The van der Waals surface area contributed by atoms with Gasteiger partial charge in [0.25, 0.3) is 11.6 Å². The third-order valence-corrected chi connectivity index (χ3v) is 5.57. The van der Waals surface area contributed by atoms with Gasteiger partial charge in [0.15, 0.2) is 12.4 Å². The standard InChI is InChI=1S/C25H23N3O5/c29-24(27-16-14-26(15-17-27)21-8-10-22(11-9-21)28(31)32)18-33-23-12-6-20(7-13-23)25(30)19-4-2-1-3-5-19/h1-13H,14-18H2. The zero-order valence-electron chi connectivity index (χ0n) is 17.9. The van der Waals surface area contributed by atoms with Gasteiger partial charge in [0.2, 0.25) is 0 Å². The van der Waals surface area contributed by atoms with Gasteiger partial charge in [0.05, 0.1) is 4.92 Å². The van der Waals surface area contributed by atoms with Crippen molar-refractivity contribution in [3.05, 3.63) is 100 Å². The van der Waals surface area contributed by atoms with E-state index in [1.165, 1.54) is 12.1 Å². The van der Waals surface area contributed by atoms with Gasteiger partial charge in [-0.05, 0) is 36.4 Å². The second-order valence-electron chi connectivity index (χ2n) is 7.65. The maximum Gasteiger partial charge on any atom is 0.269 e. The second kappa shape index (κ2) is 9.95. The zero-order valence-corrected chi connectivity index (χ0v) is 17.9. The number of nitrogens with zero attached hydrogens (tertiary/aromatic N) is 3. The fourth-order valence-corrected chi connectivity index (χ4v) is 3.69. The largest absolute Gasteiger partial charge is 0.484 e. The van der Waals surface area contributed by atoms with Crippen LogP contribution >= 0.6 is 0 Å². The highest BCUT2D eigenvalue weighted by molar-refractivity contribution is 6.09. The van der Waals surface area contributed by atoms with E-state index in [2.05, 4.69) is 4.90 Å². The molecule has 8 nitrogen and oxygen atoms in total. The van der Waals surface area contributed by atoms with E-state index in [0.29, 0.717) is 43.1 Å². The van der Waals surface area contributed by atoms with E-state index in [4.69, 9.17) is 4.74 Å². The SMILES string of the molecule is O=C(c1ccccc1)c1ccc(OCC(=O)N2CCN(c3ccc([N+](=O)[O-])cc3)CC2)cc1. The zero-order chi connectivity index (χ0) is 23.2. The van der Waals surface area contributed by atoms with Crippen LogP contribution in [0.25, 0.3) is 0 Å². The molecule has 1 saturated heterocycles. The number of rotatable bonds is 7. The van der Waals surface area contributed by atoms with Crippen LogP contribution in [-0.4, -0.2) is 54.3 Å². The average molecular weight is 445 g/mol. The first-order chi connectivity index (χ1) is 16.0. The van der Waals surface area contributed by atoms with Crippen molar-refractivity contribution < 1.29 is 19.2 Å². The summed E-state index contributed by atoms with van der Waals surface area (Å²) in [6.07, 6.45) is 0. The van der Waals surface area contributed by atoms with E-state index in [0.717, 1.165) is 5.69 Å². The summed E-state index contributed by atoms with van der Waals surface area (Å²) in [5.41, 5.74) is 2.13. The van der Waals surface area contributed by atoms with Crippen molar-refractivity contribution in [2.75, 3.05) is 37.7 Å². The van der Waals surface area contributed by atoms with E-state index in [-0.39, 0.29) is 24.0 Å². The Kier molecular flexibility index (Phi) is 6.64. The molecule has 1 aliphatic rings. The first-order valence-corrected chi connectivity index (χ1v) is 10.6. The number of nitro groups is 1. The molecule has 0 atom stereocenters. The average Bonchev–Trinajstić information content (AvgIpc) is 2.88. The molecule has 1 fully saturated rings. The monoisotopic (exact) mass is 445 g/mol. The molecule has 0 aliphatic carbocycles. The lowest BCUT2D eigenvalue weighted by Crippen LogP contribution is -2.50. The van der Waals surface area contributed by atoms with Gasteiger partial charge >= 0.3 is 0 Å². The smallest absolute Gasteiger partial charge is 0.269 e. The van der Waals surface area contributed by atoms with Crippen LogP contribution in [0.5, 0.6) is 5.75 Å². The summed E-state index contributed by atoms with van der Waals surface area (Å²) in [4.78, 5) is 39.2. The summed E-state index contributed by atoms with van der Waals surface area (Å²) < 4.78 is 5.63. The highest BCUT2D eigenvalue weighted by Crippen LogP contribution is 2.21. The number of carbonyl (C=O) groups excluding carboxylic acids is 2. The Morgan fingerprint density at radius 2 is 1.42 bits per heavy atom. The quantitative estimate of drug-likeness (QED) is 0.314. The molecule has 0 radical (unpaired) electrons. The molecule has 0 spiro atoms. The van der Waals surface area contributed by atoms with E-state index >= 15 is 0 Å². The Bertz CT molecular complexity index is 1120. The first-order valence-electron chi connectivity index (χ1n) is 10.6. The molecule has 0 N–H and O–H groups in total. The summed E-state index contributed by atoms with van der Waals surface area (Å²) in [6.45, 7) is 2.29. The van der Waals surface area contributed by atoms with Crippen LogP contribution in [0.3, 0.4) is 0 Å². The second-order valence-corrected chi connectivity index (χ2v) is 7.65. The van der Waals surface area contributed by atoms with E-state index in [1.54, 1.807) is 53.4 Å². The van der Waals surface area contributed by atoms with Gasteiger partial charge in [0, 0.05) is 55.1 Å². The van der Waals surface area contributed by atoms with Crippen molar-refractivity contribution in [2.45, 2.75) is 0 Å². The van der Waals surface area contributed by atoms with Crippen LogP contribution < -0.4 is 9.64 Å². The molecule has 168 valence electrons. The van der Waals surface area contributed by atoms with Crippen molar-refractivity contribution in [1.29, 1.82) is 0 Å². The number of anilines is 1. The predicted molar refractivity (Wildman–Crippen MR) is 124 cm³/mol.